The summed E-state index contributed by atoms with van der Waals surface area (Å²) in [4.78, 5) is 0. The van der Waals surface area contributed by atoms with E-state index in [0.29, 0.717) is 12.1 Å². The van der Waals surface area contributed by atoms with E-state index in [1.165, 1.54) is 0 Å². The molecule has 2 nitrogen and oxygen atoms in total. The minimum Gasteiger partial charge on any atom is -0.676 e. The Hall–Kier alpha value is 0.803. The summed E-state index contributed by atoms with van der Waals surface area (Å²) in [6.45, 7) is 10.3. The summed E-state index contributed by atoms with van der Waals surface area (Å²) in [7, 11) is 0. The van der Waals surface area contributed by atoms with Gasteiger partial charge in [-0.15, -0.1) is 19.0 Å². The molecule has 0 N–H and O–H groups in total. The van der Waals surface area contributed by atoms with E-state index in [0.717, 1.165) is 0 Å². The van der Waals surface area contributed by atoms with Gasteiger partial charge in [0.1, 0.15) is 0 Å². The van der Waals surface area contributed by atoms with E-state index in [4.69, 9.17) is 0 Å². The zero-order valence-corrected chi connectivity index (χ0v) is 13.6. The van der Waals surface area contributed by atoms with Gasteiger partial charge < -0.3 is 32.9 Å². The second kappa shape index (κ2) is 16.2. The van der Waals surface area contributed by atoms with Crippen molar-refractivity contribution in [3.8, 4) is 0 Å². The summed E-state index contributed by atoms with van der Waals surface area (Å²) in [6.07, 6.45) is 0.167. The van der Waals surface area contributed by atoms with E-state index in [2.05, 4.69) is 38.3 Å². The standard InChI is InChI=1S/C8H18N2.3CH3.Zr/c1-6(2)9-8(5)10-7(3)4;;;;/h6-8H,1-5H3;3*1H3;/q-2;3*-1;. The summed E-state index contributed by atoms with van der Waals surface area (Å²) in [5.74, 6) is 0. The van der Waals surface area contributed by atoms with Gasteiger partial charge in [-0.25, -0.2) is 6.17 Å². The van der Waals surface area contributed by atoms with Crippen LogP contribution in [0.25, 0.3) is 10.6 Å². The number of rotatable bonds is 4. The van der Waals surface area contributed by atoms with E-state index in [-0.39, 0.29) is 54.6 Å². The zero-order valence-electron chi connectivity index (χ0n) is 11.1. The Labute approximate surface area is 112 Å². The normalized spacial score (nSPS) is 8.57. The third-order valence-corrected chi connectivity index (χ3v) is 1.03. The van der Waals surface area contributed by atoms with Gasteiger partial charge in [0, 0.05) is 26.2 Å². The Morgan fingerprint density at radius 1 is 0.643 bits per heavy atom. The first-order valence-corrected chi connectivity index (χ1v) is 3.92. The van der Waals surface area contributed by atoms with E-state index in [9.17, 15) is 0 Å². The summed E-state index contributed by atoms with van der Waals surface area (Å²) in [5.41, 5.74) is 0. The van der Waals surface area contributed by atoms with Gasteiger partial charge in [-0.2, -0.15) is 0 Å². The summed E-state index contributed by atoms with van der Waals surface area (Å²) in [6, 6.07) is 0.801. The predicted octanol–water partition coefficient (Wildman–Crippen LogP) is 4.24. The van der Waals surface area contributed by atoms with Crippen LogP contribution in [0.5, 0.6) is 0 Å². The SMILES string of the molecule is CC(C)[N-]C(C)[N-]C(C)C.[CH3-].[CH3-].[CH3-].[Zr]. The molecule has 0 unspecified atom stereocenters. The van der Waals surface area contributed by atoms with Gasteiger partial charge in [0.25, 0.3) is 0 Å². The van der Waals surface area contributed by atoms with Gasteiger partial charge in [0.15, 0.2) is 0 Å². The van der Waals surface area contributed by atoms with E-state index >= 15 is 0 Å². The van der Waals surface area contributed by atoms with Gasteiger partial charge in [-0.3, -0.25) is 0 Å². The molecule has 0 radical (unpaired) electrons. The average Bonchev–Trinajstić information content (AvgIpc) is 1.58. The molecule has 90 valence electrons. The van der Waals surface area contributed by atoms with Crippen LogP contribution in [0.2, 0.25) is 0 Å². The molecule has 14 heavy (non-hydrogen) atoms. The van der Waals surface area contributed by atoms with Gasteiger partial charge >= 0.3 is 0 Å². The molecule has 0 spiro atoms. The van der Waals surface area contributed by atoms with Crippen molar-refractivity contribution < 1.29 is 26.2 Å². The van der Waals surface area contributed by atoms with Crippen molar-refractivity contribution in [2.45, 2.75) is 52.9 Å². The Kier molecular flexibility index (Phi) is 34.0. The topological polar surface area (TPSA) is 28.2 Å². The van der Waals surface area contributed by atoms with Crippen LogP contribution in [-0.4, -0.2) is 18.2 Å². The monoisotopic (exact) mass is 277 g/mol. The largest absolute Gasteiger partial charge is 0.676 e. The van der Waals surface area contributed by atoms with Crippen molar-refractivity contribution in [1.82, 2.24) is 0 Å². The Morgan fingerprint density at radius 3 is 1.00 bits per heavy atom. The molecule has 0 rings (SSSR count). The van der Waals surface area contributed by atoms with Gasteiger partial charge in [-0.1, -0.05) is 27.7 Å². The molecule has 0 atom stereocenters. The fraction of sp³-hybridized carbons (Fsp3) is 0.727. The first-order valence-electron chi connectivity index (χ1n) is 3.92. The Balaban J connectivity index is -0.0000000675. The first-order chi connectivity index (χ1) is 4.52. The van der Waals surface area contributed by atoms with Gasteiger partial charge in [0.2, 0.25) is 0 Å². The minimum atomic E-state index is 0. The smallest absolute Gasteiger partial charge is 0 e. The summed E-state index contributed by atoms with van der Waals surface area (Å²) < 4.78 is 0. The van der Waals surface area contributed by atoms with Crippen LogP contribution in [-0.2, 0) is 26.2 Å². The third kappa shape index (κ3) is 23.0. The minimum absolute atomic E-state index is 0. The average molecular weight is 279 g/mol. The quantitative estimate of drug-likeness (QED) is 0.688. The molecule has 0 amide bonds. The van der Waals surface area contributed by atoms with E-state index in [1.54, 1.807) is 0 Å². The first kappa shape index (κ1) is 29.3. The van der Waals surface area contributed by atoms with Crippen LogP contribution in [0.15, 0.2) is 0 Å². The second-order valence-electron chi connectivity index (χ2n) is 3.12. The molecule has 0 aromatic carbocycles. The molecule has 0 aliphatic heterocycles. The molecule has 0 aromatic rings. The van der Waals surface area contributed by atoms with Crippen LogP contribution in [0.3, 0.4) is 0 Å². The summed E-state index contributed by atoms with van der Waals surface area (Å²) >= 11 is 0. The van der Waals surface area contributed by atoms with Crippen LogP contribution >= 0.6 is 0 Å². The summed E-state index contributed by atoms with van der Waals surface area (Å²) in [5, 5.41) is 8.70. The van der Waals surface area contributed by atoms with Crippen LogP contribution in [0.1, 0.15) is 34.6 Å². The van der Waals surface area contributed by atoms with Crippen molar-refractivity contribution in [3.05, 3.63) is 32.9 Å². The molecular weight excluding hydrogens is 251 g/mol. The zero-order chi connectivity index (χ0) is 8.15. The number of hydrogen-bond donors (Lipinski definition) is 0. The molecule has 0 aromatic heterocycles. The Bertz CT molecular complexity index is 75.4. The maximum absolute atomic E-state index is 4.35. The van der Waals surface area contributed by atoms with E-state index < -0.39 is 0 Å². The molecule has 0 saturated heterocycles. The Morgan fingerprint density at radius 2 is 0.857 bits per heavy atom. The molecule has 0 saturated carbocycles. The van der Waals surface area contributed by atoms with Crippen molar-refractivity contribution in [2.75, 3.05) is 0 Å². The molecule has 0 heterocycles. The van der Waals surface area contributed by atoms with Gasteiger partial charge in [-0.05, 0) is 0 Å². The maximum Gasteiger partial charge on any atom is 0 e. The van der Waals surface area contributed by atoms with Gasteiger partial charge in [0.05, 0.1) is 0 Å². The molecule has 0 fully saturated rings. The fourth-order valence-corrected chi connectivity index (χ4v) is 0.901. The molecule has 0 bridgehead atoms. The molecule has 0 aliphatic rings. The number of hydrogen-bond acceptors (Lipinski definition) is 0. The molecule has 3 heteroatoms. The van der Waals surface area contributed by atoms with Crippen LogP contribution in [0, 0.1) is 22.3 Å². The van der Waals surface area contributed by atoms with Crippen molar-refractivity contribution >= 4 is 0 Å². The maximum atomic E-state index is 4.35. The fourth-order valence-electron chi connectivity index (χ4n) is 0.901. The van der Waals surface area contributed by atoms with Crippen LogP contribution in [0.4, 0.5) is 0 Å². The van der Waals surface area contributed by atoms with Crippen LogP contribution < -0.4 is 0 Å². The van der Waals surface area contributed by atoms with E-state index in [1.807, 2.05) is 6.92 Å². The predicted molar refractivity (Wildman–Crippen MR) is 65.7 cm³/mol. The van der Waals surface area contributed by atoms with Crippen molar-refractivity contribution in [3.63, 3.8) is 0 Å². The van der Waals surface area contributed by atoms with Crippen molar-refractivity contribution in [2.24, 2.45) is 0 Å². The molecule has 0 aliphatic carbocycles. The van der Waals surface area contributed by atoms with Crippen molar-refractivity contribution in [1.29, 1.82) is 0 Å². The number of nitrogens with zero attached hydrogens (tertiary/aromatic N) is 2. The second-order valence-corrected chi connectivity index (χ2v) is 3.12. The third-order valence-electron chi connectivity index (χ3n) is 1.03. The molecular formula is C11H27N2Zr-5.